The number of fused-ring (bicyclic) bond motifs is 1. The fourth-order valence-corrected chi connectivity index (χ4v) is 3.77. The van der Waals surface area contributed by atoms with Crippen LogP contribution in [-0.2, 0) is 17.8 Å². The Labute approximate surface area is 145 Å². The number of carbonyl (C=O) groups is 1. The Bertz CT molecular complexity index is 979. The number of hydrogen-bond acceptors (Lipinski definition) is 2. The molecule has 3 rings (SSSR count). The lowest BCUT2D eigenvalue weighted by atomic mass is 10.0. The number of aromatic nitrogens is 1. The normalized spacial score (nSPS) is 11.8. The SMILES string of the molecule is C=CCn1c(=NC(=O)Cc2cc(C)ccc2C)sc2ccccc21. The molecule has 1 heterocycles. The first-order chi connectivity index (χ1) is 11.6. The number of carbonyl (C=O) groups excluding carboxylic acids is 1. The van der Waals surface area contributed by atoms with Gasteiger partial charge in [-0.3, -0.25) is 4.79 Å². The van der Waals surface area contributed by atoms with E-state index < -0.39 is 0 Å². The number of allylic oxidation sites excluding steroid dienone is 1. The number of nitrogens with zero attached hydrogens (tertiary/aromatic N) is 2. The topological polar surface area (TPSA) is 34.4 Å². The first-order valence-electron chi connectivity index (χ1n) is 7.91. The molecule has 0 bridgehead atoms. The Morgan fingerprint density at radius 2 is 2.04 bits per heavy atom. The van der Waals surface area contributed by atoms with E-state index in [-0.39, 0.29) is 5.91 Å². The molecule has 0 N–H and O–H groups in total. The predicted molar refractivity (Wildman–Crippen MR) is 100 cm³/mol. The van der Waals surface area contributed by atoms with E-state index >= 15 is 0 Å². The summed E-state index contributed by atoms with van der Waals surface area (Å²) < 4.78 is 3.16. The molecule has 0 fully saturated rings. The average Bonchev–Trinajstić information content (AvgIpc) is 2.89. The lowest BCUT2D eigenvalue weighted by Crippen LogP contribution is -2.17. The summed E-state index contributed by atoms with van der Waals surface area (Å²) in [6, 6.07) is 14.3. The number of thiazole rings is 1. The van der Waals surface area contributed by atoms with Gasteiger partial charge in [0.15, 0.2) is 4.80 Å². The van der Waals surface area contributed by atoms with Gasteiger partial charge in [0, 0.05) is 6.54 Å². The van der Waals surface area contributed by atoms with Crippen molar-refractivity contribution in [3.05, 3.63) is 76.6 Å². The molecule has 0 saturated carbocycles. The molecule has 0 unspecified atom stereocenters. The van der Waals surface area contributed by atoms with Crippen LogP contribution in [0.1, 0.15) is 16.7 Å². The largest absolute Gasteiger partial charge is 0.313 e. The van der Waals surface area contributed by atoms with Crippen molar-refractivity contribution < 1.29 is 4.79 Å². The second kappa shape index (κ2) is 6.97. The number of aryl methyl sites for hydroxylation is 2. The number of benzene rings is 2. The first-order valence-corrected chi connectivity index (χ1v) is 8.73. The van der Waals surface area contributed by atoms with Crippen LogP contribution in [0.4, 0.5) is 0 Å². The summed E-state index contributed by atoms with van der Waals surface area (Å²) in [5.74, 6) is -0.118. The molecule has 0 atom stereocenters. The summed E-state index contributed by atoms with van der Waals surface area (Å²) in [7, 11) is 0. The first kappa shape index (κ1) is 16.4. The second-order valence-electron chi connectivity index (χ2n) is 5.86. The standard InChI is InChI=1S/C20H20N2OS/c1-4-11-22-17-7-5-6-8-18(17)24-20(22)21-19(23)13-16-12-14(2)9-10-15(16)3/h4-10,12H,1,11,13H2,2-3H3. The summed E-state index contributed by atoms with van der Waals surface area (Å²) >= 11 is 1.54. The molecule has 1 amide bonds. The van der Waals surface area contributed by atoms with Crippen LogP contribution in [0.25, 0.3) is 10.2 Å². The third kappa shape index (κ3) is 3.39. The van der Waals surface area contributed by atoms with Gasteiger partial charge in [0.25, 0.3) is 5.91 Å². The Hall–Kier alpha value is -2.46. The molecule has 0 spiro atoms. The Morgan fingerprint density at radius 3 is 2.83 bits per heavy atom. The number of rotatable bonds is 4. The highest BCUT2D eigenvalue weighted by molar-refractivity contribution is 7.16. The maximum Gasteiger partial charge on any atom is 0.252 e. The number of amides is 1. The lowest BCUT2D eigenvalue weighted by molar-refractivity contribution is -0.117. The monoisotopic (exact) mass is 336 g/mol. The van der Waals surface area contributed by atoms with Crippen LogP contribution in [-0.4, -0.2) is 10.5 Å². The van der Waals surface area contributed by atoms with Crippen LogP contribution < -0.4 is 4.80 Å². The van der Waals surface area contributed by atoms with E-state index in [1.165, 1.54) is 11.3 Å². The van der Waals surface area contributed by atoms with Crippen molar-refractivity contribution in [3.8, 4) is 0 Å². The highest BCUT2D eigenvalue weighted by Crippen LogP contribution is 2.17. The zero-order chi connectivity index (χ0) is 17.1. The van der Waals surface area contributed by atoms with Gasteiger partial charge in [-0.2, -0.15) is 4.99 Å². The van der Waals surface area contributed by atoms with E-state index in [0.29, 0.717) is 13.0 Å². The van der Waals surface area contributed by atoms with Crippen molar-refractivity contribution in [2.45, 2.75) is 26.8 Å². The molecule has 24 heavy (non-hydrogen) atoms. The van der Waals surface area contributed by atoms with Crippen molar-refractivity contribution >= 4 is 27.5 Å². The van der Waals surface area contributed by atoms with Gasteiger partial charge in [0.2, 0.25) is 0 Å². The van der Waals surface area contributed by atoms with E-state index in [1.807, 2.05) is 48.8 Å². The summed E-state index contributed by atoms with van der Waals surface area (Å²) in [6.45, 7) is 8.51. The van der Waals surface area contributed by atoms with Gasteiger partial charge in [-0.1, -0.05) is 53.3 Å². The third-order valence-corrected chi connectivity index (χ3v) is 5.03. The van der Waals surface area contributed by atoms with Crippen molar-refractivity contribution in [2.75, 3.05) is 0 Å². The van der Waals surface area contributed by atoms with Crippen molar-refractivity contribution in [1.29, 1.82) is 0 Å². The summed E-state index contributed by atoms with van der Waals surface area (Å²) in [6.07, 6.45) is 2.16. The molecular weight excluding hydrogens is 316 g/mol. The molecule has 3 nitrogen and oxygen atoms in total. The number of para-hydroxylation sites is 1. The zero-order valence-electron chi connectivity index (χ0n) is 14.0. The fourth-order valence-electron chi connectivity index (χ4n) is 2.71. The summed E-state index contributed by atoms with van der Waals surface area (Å²) in [4.78, 5) is 17.6. The van der Waals surface area contributed by atoms with Crippen LogP contribution >= 0.6 is 11.3 Å². The Balaban J connectivity index is 2.00. The Kier molecular flexibility index (Phi) is 4.76. The van der Waals surface area contributed by atoms with E-state index in [4.69, 9.17) is 0 Å². The molecule has 2 aromatic carbocycles. The predicted octanol–water partition coefficient (Wildman–Crippen LogP) is 4.18. The van der Waals surface area contributed by atoms with E-state index in [2.05, 4.69) is 29.8 Å². The molecule has 0 aliphatic heterocycles. The van der Waals surface area contributed by atoms with Gasteiger partial charge in [0.1, 0.15) is 0 Å². The van der Waals surface area contributed by atoms with Crippen LogP contribution in [0.15, 0.2) is 60.1 Å². The number of hydrogen-bond donors (Lipinski definition) is 0. The van der Waals surface area contributed by atoms with Gasteiger partial charge < -0.3 is 4.57 Å². The molecule has 122 valence electrons. The van der Waals surface area contributed by atoms with E-state index in [1.54, 1.807) is 0 Å². The van der Waals surface area contributed by atoms with Crippen molar-refractivity contribution in [3.63, 3.8) is 0 Å². The molecule has 1 aromatic heterocycles. The zero-order valence-corrected chi connectivity index (χ0v) is 14.8. The molecule has 0 saturated heterocycles. The minimum Gasteiger partial charge on any atom is -0.313 e. The molecular formula is C20H20N2OS. The van der Waals surface area contributed by atoms with Crippen molar-refractivity contribution in [2.24, 2.45) is 4.99 Å². The van der Waals surface area contributed by atoms with Crippen LogP contribution in [0.3, 0.4) is 0 Å². The fraction of sp³-hybridized carbons (Fsp3) is 0.200. The molecule has 0 radical (unpaired) electrons. The van der Waals surface area contributed by atoms with Crippen LogP contribution in [0.2, 0.25) is 0 Å². The van der Waals surface area contributed by atoms with Crippen LogP contribution in [0.5, 0.6) is 0 Å². The minimum atomic E-state index is -0.118. The average molecular weight is 336 g/mol. The quantitative estimate of drug-likeness (QED) is 0.658. The molecule has 0 aliphatic rings. The highest BCUT2D eigenvalue weighted by atomic mass is 32.1. The van der Waals surface area contributed by atoms with Gasteiger partial charge in [-0.05, 0) is 37.1 Å². The van der Waals surface area contributed by atoms with E-state index in [0.717, 1.165) is 31.7 Å². The Morgan fingerprint density at radius 1 is 1.25 bits per heavy atom. The van der Waals surface area contributed by atoms with Crippen molar-refractivity contribution in [1.82, 2.24) is 4.57 Å². The molecule has 4 heteroatoms. The van der Waals surface area contributed by atoms with Gasteiger partial charge >= 0.3 is 0 Å². The van der Waals surface area contributed by atoms with E-state index in [9.17, 15) is 4.79 Å². The molecule has 3 aromatic rings. The molecule has 0 aliphatic carbocycles. The smallest absolute Gasteiger partial charge is 0.252 e. The minimum absolute atomic E-state index is 0.118. The van der Waals surface area contributed by atoms with Gasteiger partial charge in [0.05, 0.1) is 16.6 Å². The maximum absolute atomic E-state index is 12.5. The summed E-state index contributed by atoms with van der Waals surface area (Å²) in [5, 5.41) is 0. The lowest BCUT2D eigenvalue weighted by Gasteiger charge is -2.04. The van der Waals surface area contributed by atoms with Gasteiger partial charge in [-0.15, -0.1) is 6.58 Å². The highest BCUT2D eigenvalue weighted by Gasteiger charge is 2.08. The maximum atomic E-state index is 12.5. The third-order valence-electron chi connectivity index (χ3n) is 3.97. The van der Waals surface area contributed by atoms with Gasteiger partial charge in [-0.25, -0.2) is 0 Å². The second-order valence-corrected chi connectivity index (χ2v) is 6.87. The summed E-state index contributed by atoms with van der Waals surface area (Å²) in [5.41, 5.74) is 4.41. The van der Waals surface area contributed by atoms with Crippen LogP contribution in [0, 0.1) is 13.8 Å².